The Hall–Kier alpha value is -1.59. The first-order valence-electron chi connectivity index (χ1n) is 6.31. The van der Waals surface area contributed by atoms with Crippen LogP contribution in [-0.4, -0.2) is 34.5 Å². The Morgan fingerprint density at radius 1 is 0.947 bits per heavy atom. The third kappa shape index (κ3) is 6.22. The van der Waals surface area contributed by atoms with Crippen LogP contribution in [0.2, 0.25) is 0 Å². The molecule has 0 spiro atoms. The summed E-state index contributed by atoms with van der Waals surface area (Å²) in [5.41, 5.74) is -0.379. The fraction of sp³-hybridized carbons (Fsp3) is 0.769. The summed E-state index contributed by atoms with van der Waals surface area (Å²) >= 11 is 0. The van der Waals surface area contributed by atoms with Crippen LogP contribution in [0.25, 0.3) is 0 Å². The summed E-state index contributed by atoms with van der Waals surface area (Å²) in [7, 11) is 0. The zero-order chi connectivity index (χ0) is 15.4. The second kappa shape index (κ2) is 6.54. The number of carbonyl (C=O) groups is 3. The van der Waals surface area contributed by atoms with Gasteiger partial charge in [0, 0.05) is 11.5 Å². The van der Waals surface area contributed by atoms with Crippen LogP contribution in [0.5, 0.6) is 0 Å². The number of hydrogen-bond acceptors (Lipinski definition) is 3. The molecule has 3 unspecified atom stereocenters. The first-order chi connectivity index (χ1) is 8.45. The molecule has 0 aliphatic heterocycles. The first-order valence-corrected chi connectivity index (χ1v) is 6.31. The van der Waals surface area contributed by atoms with E-state index in [4.69, 9.17) is 5.11 Å². The predicted molar refractivity (Wildman–Crippen MR) is 71.5 cm³/mol. The molecule has 0 saturated heterocycles. The third-order valence-corrected chi connectivity index (χ3v) is 2.80. The maximum Gasteiger partial charge on any atom is 0.307 e. The molecule has 0 aliphatic rings. The van der Waals surface area contributed by atoms with Gasteiger partial charge in [0.05, 0.1) is 5.92 Å². The summed E-state index contributed by atoms with van der Waals surface area (Å²) < 4.78 is 0. The molecule has 0 aromatic heterocycles. The number of amides is 2. The molecule has 0 aromatic carbocycles. The highest BCUT2D eigenvalue weighted by molar-refractivity contribution is 5.90. The molecular weight excluding hydrogens is 248 g/mol. The molecule has 110 valence electrons. The number of hydrogen-bond donors (Lipinski definition) is 3. The summed E-state index contributed by atoms with van der Waals surface area (Å²) in [4.78, 5) is 34.4. The van der Waals surface area contributed by atoms with Gasteiger partial charge in [-0.3, -0.25) is 14.4 Å². The maximum atomic E-state index is 11.8. The molecule has 0 heterocycles. The lowest BCUT2D eigenvalue weighted by atomic mass is 9.95. The fourth-order valence-electron chi connectivity index (χ4n) is 1.33. The molecule has 0 aromatic rings. The Morgan fingerprint density at radius 2 is 1.42 bits per heavy atom. The number of carboxylic acid groups (broad SMARTS) is 1. The van der Waals surface area contributed by atoms with Crippen molar-refractivity contribution in [1.82, 2.24) is 10.6 Å². The summed E-state index contributed by atoms with van der Waals surface area (Å²) in [6.45, 7) is 10.1. The predicted octanol–water partition coefficient (Wildman–Crippen LogP) is 0.763. The molecule has 0 aliphatic carbocycles. The maximum absolute atomic E-state index is 11.8. The van der Waals surface area contributed by atoms with Crippen LogP contribution in [0.4, 0.5) is 0 Å². The average Bonchev–Trinajstić information content (AvgIpc) is 2.24. The van der Waals surface area contributed by atoms with E-state index in [-0.39, 0.29) is 11.4 Å². The Balaban J connectivity index is 4.48. The lowest BCUT2D eigenvalue weighted by Gasteiger charge is -2.25. The fourth-order valence-corrected chi connectivity index (χ4v) is 1.33. The summed E-state index contributed by atoms with van der Waals surface area (Å²) in [5, 5.41) is 14.1. The van der Waals surface area contributed by atoms with Gasteiger partial charge in [-0.25, -0.2) is 0 Å². The molecule has 0 bridgehead atoms. The second-order valence-corrected chi connectivity index (χ2v) is 5.89. The van der Waals surface area contributed by atoms with Crippen molar-refractivity contribution < 1.29 is 19.5 Å². The monoisotopic (exact) mass is 272 g/mol. The van der Waals surface area contributed by atoms with Gasteiger partial charge in [-0.2, -0.15) is 0 Å². The Labute approximate surface area is 113 Å². The van der Waals surface area contributed by atoms with Crippen molar-refractivity contribution in [2.24, 2.45) is 11.8 Å². The molecule has 0 saturated carbocycles. The van der Waals surface area contributed by atoms with E-state index in [9.17, 15) is 14.4 Å². The van der Waals surface area contributed by atoms with Crippen LogP contribution in [0.1, 0.15) is 41.5 Å². The van der Waals surface area contributed by atoms with Crippen LogP contribution < -0.4 is 10.6 Å². The number of carbonyl (C=O) groups excluding carboxylic acids is 2. The van der Waals surface area contributed by atoms with Crippen molar-refractivity contribution in [2.75, 3.05) is 0 Å². The third-order valence-electron chi connectivity index (χ3n) is 2.80. The summed E-state index contributed by atoms with van der Waals surface area (Å²) in [5.74, 6) is -3.25. The Bertz CT molecular complexity index is 360. The van der Waals surface area contributed by atoms with Gasteiger partial charge in [-0.05, 0) is 27.7 Å². The van der Waals surface area contributed by atoms with Crippen molar-refractivity contribution in [3.63, 3.8) is 0 Å². The number of aliphatic carboxylic acids is 1. The van der Waals surface area contributed by atoms with Gasteiger partial charge in [-0.15, -0.1) is 0 Å². The molecule has 3 N–H and O–H groups in total. The zero-order valence-corrected chi connectivity index (χ0v) is 12.4. The van der Waals surface area contributed by atoms with Crippen molar-refractivity contribution in [1.29, 1.82) is 0 Å². The first kappa shape index (κ1) is 17.4. The average molecular weight is 272 g/mol. The molecule has 3 atom stereocenters. The van der Waals surface area contributed by atoms with Crippen molar-refractivity contribution in [3.8, 4) is 0 Å². The van der Waals surface area contributed by atoms with E-state index < -0.39 is 29.8 Å². The molecule has 6 nitrogen and oxygen atoms in total. The molecule has 0 radical (unpaired) electrons. The summed E-state index contributed by atoms with van der Waals surface area (Å²) in [6.07, 6.45) is 0. The molecule has 6 heteroatoms. The van der Waals surface area contributed by atoms with Crippen LogP contribution in [0, 0.1) is 11.8 Å². The second-order valence-electron chi connectivity index (χ2n) is 5.89. The zero-order valence-electron chi connectivity index (χ0n) is 12.4. The minimum absolute atomic E-state index is 0.295. The molecule has 19 heavy (non-hydrogen) atoms. The van der Waals surface area contributed by atoms with E-state index in [1.165, 1.54) is 13.8 Å². The van der Waals surface area contributed by atoms with Gasteiger partial charge >= 0.3 is 5.97 Å². The minimum atomic E-state index is -1.03. The van der Waals surface area contributed by atoms with Crippen LogP contribution in [0.15, 0.2) is 0 Å². The van der Waals surface area contributed by atoms with Gasteiger partial charge in [0.2, 0.25) is 11.8 Å². The van der Waals surface area contributed by atoms with E-state index in [2.05, 4.69) is 10.6 Å². The highest BCUT2D eigenvalue weighted by Gasteiger charge is 2.28. The van der Waals surface area contributed by atoms with Gasteiger partial charge in [-0.1, -0.05) is 13.8 Å². The normalized spacial score (nSPS) is 16.1. The standard InChI is InChI=1S/C13H24N2O4/c1-7(8(2)12(18)19)10(16)14-9(3)11(17)15-13(4,5)6/h7-9H,1-6H3,(H,14,16)(H,15,17)(H,18,19). The molecular formula is C13H24N2O4. The summed E-state index contributed by atoms with van der Waals surface area (Å²) in [6, 6.07) is -0.699. The number of carboxylic acids is 1. The van der Waals surface area contributed by atoms with Crippen LogP contribution in [0.3, 0.4) is 0 Å². The Morgan fingerprint density at radius 3 is 1.79 bits per heavy atom. The van der Waals surface area contributed by atoms with Crippen LogP contribution >= 0.6 is 0 Å². The number of nitrogens with one attached hydrogen (secondary N) is 2. The number of rotatable bonds is 5. The van der Waals surface area contributed by atoms with E-state index in [0.29, 0.717) is 0 Å². The smallest absolute Gasteiger partial charge is 0.307 e. The lowest BCUT2D eigenvalue weighted by Crippen LogP contribution is -2.52. The highest BCUT2D eigenvalue weighted by Crippen LogP contribution is 2.11. The Kier molecular flexibility index (Phi) is 5.99. The quantitative estimate of drug-likeness (QED) is 0.688. The van der Waals surface area contributed by atoms with Crippen molar-refractivity contribution >= 4 is 17.8 Å². The van der Waals surface area contributed by atoms with Crippen molar-refractivity contribution in [2.45, 2.75) is 53.1 Å². The molecule has 2 amide bonds. The van der Waals surface area contributed by atoms with E-state index in [1.807, 2.05) is 20.8 Å². The van der Waals surface area contributed by atoms with E-state index in [0.717, 1.165) is 0 Å². The lowest BCUT2D eigenvalue weighted by molar-refractivity contribution is -0.146. The van der Waals surface area contributed by atoms with Gasteiger partial charge in [0.1, 0.15) is 6.04 Å². The molecule has 0 rings (SSSR count). The van der Waals surface area contributed by atoms with Gasteiger partial charge in [0.25, 0.3) is 0 Å². The van der Waals surface area contributed by atoms with Crippen molar-refractivity contribution in [3.05, 3.63) is 0 Å². The minimum Gasteiger partial charge on any atom is -0.481 e. The molecule has 0 fully saturated rings. The van der Waals surface area contributed by atoms with Crippen LogP contribution in [-0.2, 0) is 14.4 Å². The van der Waals surface area contributed by atoms with Gasteiger partial charge < -0.3 is 15.7 Å². The van der Waals surface area contributed by atoms with E-state index in [1.54, 1.807) is 6.92 Å². The van der Waals surface area contributed by atoms with Gasteiger partial charge in [0.15, 0.2) is 0 Å². The largest absolute Gasteiger partial charge is 0.481 e. The SMILES string of the molecule is CC(NC(=O)C(C)C(C)C(=O)O)C(=O)NC(C)(C)C. The van der Waals surface area contributed by atoms with E-state index >= 15 is 0 Å². The highest BCUT2D eigenvalue weighted by atomic mass is 16.4. The topological polar surface area (TPSA) is 95.5 Å².